The van der Waals surface area contributed by atoms with Gasteiger partial charge in [-0.25, -0.2) is 4.39 Å². The quantitative estimate of drug-likeness (QED) is 0.543. The van der Waals surface area contributed by atoms with Gasteiger partial charge in [-0.1, -0.05) is 36.8 Å². The third kappa shape index (κ3) is 7.48. The van der Waals surface area contributed by atoms with E-state index in [0.717, 1.165) is 16.9 Å². The van der Waals surface area contributed by atoms with Gasteiger partial charge in [-0.2, -0.15) is 0 Å². The number of rotatable bonds is 10. The van der Waals surface area contributed by atoms with Crippen molar-refractivity contribution in [1.82, 2.24) is 10.2 Å². The van der Waals surface area contributed by atoms with Crippen LogP contribution in [0.2, 0.25) is 0 Å². The van der Waals surface area contributed by atoms with E-state index < -0.39 is 6.04 Å². The van der Waals surface area contributed by atoms with Crippen molar-refractivity contribution in [1.29, 1.82) is 0 Å². The molecule has 2 aromatic carbocycles. The highest BCUT2D eigenvalue weighted by Crippen LogP contribution is 2.20. The van der Waals surface area contributed by atoms with Crippen LogP contribution >= 0.6 is 11.8 Å². The van der Waals surface area contributed by atoms with Crippen LogP contribution < -0.4 is 5.32 Å². The summed E-state index contributed by atoms with van der Waals surface area (Å²) < 4.78 is 13.3. The minimum Gasteiger partial charge on any atom is -0.352 e. The van der Waals surface area contributed by atoms with Crippen LogP contribution in [0.3, 0.4) is 0 Å². The van der Waals surface area contributed by atoms with Crippen LogP contribution in [0, 0.1) is 12.7 Å². The monoisotopic (exact) mass is 430 g/mol. The highest BCUT2D eigenvalue weighted by molar-refractivity contribution is 7.99. The standard InChI is InChI=1S/C24H31FN2O2S/c1-5-18(3)26-24(29)19(4)27(16-20-8-10-21(25)11-9-20)23(28)14-15-30-22-12-6-17(2)7-13-22/h6-13,18-19H,5,14-16H2,1-4H3,(H,26,29)/t18-,19+/m1/s1. The zero-order valence-corrected chi connectivity index (χ0v) is 19.0. The Morgan fingerprint density at radius 2 is 1.70 bits per heavy atom. The van der Waals surface area contributed by atoms with Crippen LogP contribution in [-0.4, -0.2) is 34.6 Å². The van der Waals surface area contributed by atoms with Gasteiger partial charge in [-0.05, 0) is 57.0 Å². The lowest BCUT2D eigenvalue weighted by Gasteiger charge is -2.29. The minimum absolute atomic E-state index is 0.0415. The first kappa shape index (κ1) is 23.9. The van der Waals surface area contributed by atoms with E-state index in [-0.39, 0.29) is 30.2 Å². The molecule has 0 radical (unpaired) electrons. The van der Waals surface area contributed by atoms with Gasteiger partial charge in [0.2, 0.25) is 11.8 Å². The van der Waals surface area contributed by atoms with Crippen molar-refractivity contribution in [3.05, 3.63) is 65.5 Å². The Labute approximate surface area is 183 Å². The predicted octanol–water partition coefficient (Wildman–Crippen LogP) is 4.95. The molecule has 0 heterocycles. The van der Waals surface area contributed by atoms with Crippen molar-refractivity contribution >= 4 is 23.6 Å². The second kappa shape index (κ2) is 11.7. The third-order valence-electron chi connectivity index (χ3n) is 5.04. The Morgan fingerprint density at radius 1 is 1.07 bits per heavy atom. The number of carbonyl (C=O) groups excluding carboxylic acids is 2. The number of hydrogen-bond donors (Lipinski definition) is 1. The molecule has 162 valence electrons. The molecule has 0 saturated heterocycles. The molecule has 6 heteroatoms. The second-order valence-electron chi connectivity index (χ2n) is 7.55. The summed E-state index contributed by atoms with van der Waals surface area (Å²) in [7, 11) is 0. The average molecular weight is 431 g/mol. The summed E-state index contributed by atoms with van der Waals surface area (Å²) in [5.74, 6) is 0.0343. The Bertz CT molecular complexity index is 824. The molecule has 0 aliphatic rings. The van der Waals surface area contributed by atoms with Crippen LogP contribution in [0.4, 0.5) is 4.39 Å². The molecule has 0 saturated carbocycles. The maximum atomic E-state index is 13.3. The molecule has 4 nitrogen and oxygen atoms in total. The Kier molecular flexibility index (Phi) is 9.37. The van der Waals surface area contributed by atoms with Gasteiger partial charge < -0.3 is 10.2 Å². The first-order valence-electron chi connectivity index (χ1n) is 10.3. The van der Waals surface area contributed by atoms with Crippen molar-refractivity contribution in [3.8, 4) is 0 Å². The van der Waals surface area contributed by atoms with E-state index in [1.54, 1.807) is 35.7 Å². The Morgan fingerprint density at radius 3 is 2.30 bits per heavy atom. The Balaban J connectivity index is 2.06. The molecule has 0 aliphatic carbocycles. The summed E-state index contributed by atoms with van der Waals surface area (Å²) >= 11 is 1.62. The van der Waals surface area contributed by atoms with Crippen LogP contribution in [-0.2, 0) is 16.1 Å². The van der Waals surface area contributed by atoms with Crippen molar-refractivity contribution in [3.63, 3.8) is 0 Å². The molecule has 30 heavy (non-hydrogen) atoms. The van der Waals surface area contributed by atoms with Gasteiger partial charge >= 0.3 is 0 Å². The largest absolute Gasteiger partial charge is 0.352 e. The smallest absolute Gasteiger partial charge is 0.242 e. The molecule has 1 N–H and O–H groups in total. The van der Waals surface area contributed by atoms with E-state index in [0.29, 0.717) is 12.2 Å². The van der Waals surface area contributed by atoms with E-state index in [9.17, 15) is 14.0 Å². The van der Waals surface area contributed by atoms with Crippen LogP contribution in [0.25, 0.3) is 0 Å². The molecular formula is C24H31FN2O2S. The first-order chi connectivity index (χ1) is 14.3. The normalized spacial score (nSPS) is 12.8. The molecule has 0 fully saturated rings. The fraction of sp³-hybridized carbons (Fsp3) is 0.417. The summed E-state index contributed by atoms with van der Waals surface area (Å²) in [6.45, 7) is 7.99. The summed E-state index contributed by atoms with van der Waals surface area (Å²) in [6.07, 6.45) is 1.14. The predicted molar refractivity (Wildman–Crippen MR) is 121 cm³/mol. The van der Waals surface area contributed by atoms with Crippen LogP contribution in [0.5, 0.6) is 0 Å². The third-order valence-corrected chi connectivity index (χ3v) is 6.05. The van der Waals surface area contributed by atoms with Gasteiger partial charge in [0.1, 0.15) is 11.9 Å². The fourth-order valence-corrected chi connectivity index (χ4v) is 3.71. The molecule has 2 amide bonds. The van der Waals surface area contributed by atoms with Gasteiger partial charge in [0, 0.05) is 29.7 Å². The summed E-state index contributed by atoms with van der Waals surface area (Å²) in [5, 5.41) is 2.95. The highest BCUT2D eigenvalue weighted by Gasteiger charge is 2.26. The Hall–Kier alpha value is -2.34. The molecule has 0 aliphatic heterocycles. The van der Waals surface area contributed by atoms with E-state index in [1.807, 2.05) is 45.0 Å². The first-order valence-corrected chi connectivity index (χ1v) is 11.3. The molecule has 2 aromatic rings. The lowest BCUT2D eigenvalue weighted by molar-refractivity contribution is -0.140. The number of benzene rings is 2. The fourth-order valence-electron chi connectivity index (χ4n) is 2.87. The van der Waals surface area contributed by atoms with Gasteiger partial charge in [0.25, 0.3) is 0 Å². The number of nitrogens with one attached hydrogen (secondary N) is 1. The zero-order chi connectivity index (χ0) is 22.1. The molecule has 0 aromatic heterocycles. The maximum Gasteiger partial charge on any atom is 0.242 e. The van der Waals surface area contributed by atoms with Crippen molar-refractivity contribution in [2.45, 2.75) is 64.1 Å². The molecule has 0 unspecified atom stereocenters. The summed E-state index contributed by atoms with van der Waals surface area (Å²) in [4.78, 5) is 28.4. The topological polar surface area (TPSA) is 49.4 Å². The van der Waals surface area contributed by atoms with E-state index in [4.69, 9.17) is 0 Å². The molecule has 2 rings (SSSR count). The number of aryl methyl sites for hydroxylation is 1. The minimum atomic E-state index is -0.610. The van der Waals surface area contributed by atoms with E-state index in [2.05, 4.69) is 5.32 Å². The second-order valence-corrected chi connectivity index (χ2v) is 8.72. The number of amides is 2. The molecule has 2 atom stereocenters. The highest BCUT2D eigenvalue weighted by atomic mass is 32.2. The lowest BCUT2D eigenvalue weighted by atomic mass is 10.1. The van der Waals surface area contributed by atoms with Gasteiger partial charge in [-0.3, -0.25) is 9.59 Å². The van der Waals surface area contributed by atoms with E-state index in [1.165, 1.54) is 17.7 Å². The van der Waals surface area contributed by atoms with Crippen molar-refractivity contribution in [2.75, 3.05) is 5.75 Å². The number of nitrogens with zero attached hydrogens (tertiary/aromatic N) is 1. The van der Waals surface area contributed by atoms with Crippen molar-refractivity contribution in [2.24, 2.45) is 0 Å². The van der Waals surface area contributed by atoms with Gasteiger partial charge in [-0.15, -0.1) is 11.8 Å². The van der Waals surface area contributed by atoms with Gasteiger partial charge in [0.05, 0.1) is 0 Å². The molecule has 0 bridgehead atoms. The van der Waals surface area contributed by atoms with E-state index >= 15 is 0 Å². The van der Waals surface area contributed by atoms with Gasteiger partial charge in [0.15, 0.2) is 0 Å². The average Bonchev–Trinajstić information content (AvgIpc) is 2.74. The summed E-state index contributed by atoms with van der Waals surface area (Å²) in [5.41, 5.74) is 1.99. The number of halogens is 1. The number of hydrogen-bond acceptors (Lipinski definition) is 3. The maximum absolute atomic E-state index is 13.3. The summed E-state index contributed by atoms with van der Waals surface area (Å²) in [6, 6.07) is 13.7. The molecule has 0 spiro atoms. The number of thioether (sulfide) groups is 1. The van der Waals surface area contributed by atoms with Crippen molar-refractivity contribution < 1.29 is 14.0 Å². The van der Waals surface area contributed by atoms with Crippen LogP contribution in [0.1, 0.15) is 44.7 Å². The zero-order valence-electron chi connectivity index (χ0n) is 18.2. The number of carbonyl (C=O) groups is 2. The van der Waals surface area contributed by atoms with Crippen LogP contribution in [0.15, 0.2) is 53.4 Å². The lowest BCUT2D eigenvalue weighted by Crippen LogP contribution is -2.49. The molecular weight excluding hydrogens is 399 g/mol. The SMILES string of the molecule is CC[C@@H](C)NC(=O)[C@H](C)N(Cc1ccc(F)cc1)C(=O)CCSc1ccc(C)cc1.